The lowest BCUT2D eigenvalue weighted by Gasteiger charge is -2.23. The van der Waals surface area contributed by atoms with Gasteiger partial charge in [0.1, 0.15) is 35.6 Å². The van der Waals surface area contributed by atoms with Crippen LogP contribution in [-0.4, -0.2) is 60.1 Å². The first-order valence-electron chi connectivity index (χ1n) is 16.5. The molecule has 2 unspecified atom stereocenters. The van der Waals surface area contributed by atoms with Gasteiger partial charge in [0.25, 0.3) is 0 Å². The Bertz CT molecular complexity index is 1700. The molecule has 0 radical (unpaired) electrons. The number of esters is 2. The first-order valence-corrected chi connectivity index (χ1v) is 16.5. The number of para-hydroxylation sites is 2. The SMILES string of the molecule is CCOC(=O)C(C)Oc1c2cccc1Cc1cc(C=O)cc(c1O)Cc1cccc(c1OC(C)C(=O)OCC)Cc1cc(C=O)cc(c1O)C2. The van der Waals surface area contributed by atoms with E-state index >= 15 is 0 Å². The molecule has 4 aromatic rings. The minimum atomic E-state index is -0.989. The summed E-state index contributed by atoms with van der Waals surface area (Å²) in [5.74, 6) is -0.495. The highest BCUT2D eigenvalue weighted by Crippen LogP contribution is 2.39. The smallest absolute Gasteiger partial charge is 0.347 e. The van der Waals surface area contributed by atoms with Crippen LogP contribution in [0.5, 0.6) is 23.0 Å². The summed E-state index contributed by atoms with van der Waals surface area (Å²) in [4.78, 5) is 49.7. The number of phenolic OH excluding ortho intramolecular Hbond substituents is 2. The number of carbonyl (C=O) groups excluding carboxylic acids is 4. The number of hydrogen-bond donors (Lipinski definition) is 2. The number of hydrogen-bond acceptors (Lipinski definition) is 10. The Morgan fingerprint density at radius 1 is 0.600 bits per heavy atom. The Hall–Kier alpha value is -5.64. The van der Waals surface area contributed by atoms with E-state index in [4.69, 9.17) is 18.9 Å². The van der Waals surface area contributed by atoms with E-state index < -0.39 is 24.1 Å². The second kappa shape index (κ2) is 15.7. The van der Waals surface area contributed by atoms with Crippen molar-refractivity contribution in [3.8, 4) is 23.0 Å². The van der Waals surface area contributed by atoms with Crippen molar-refractivity contribution >= 4 is 24.5 Å². The van der Waals surface area contributed by atoms with Gasteiger partial charge in [0.15, 0.2) is 12.2 Å². The minimum absolute atomic E-state index is 0.0363. The van der Waals surface area contributed by atoms with Crippen LogP contribution in [0.25, 0.3) is 0 Å². The molecule has 5 rings (SSSR count). The summed E-state index contributed by atoms with van der Waals surface area (Å²) in [5, 5.41) is 23.4. The van der Waals surface area contributed by atoms with Crippen LogP contribution in [0.4, 0.5) is 0 Å². The third-order valence-corrected chi connectivity index (χ3v) is 8.56. The molecule has 2 atom stereocenters. The van der Waals surface area contributed by atoms with Gasteiger partial charge in [-0.1, -0.05) is 36.4 Å². The average Bonchev–Trinajstić information content (AvgIpc) is 3.10. The molecular weight excluding hydrogens is 640 g/mol. The molecule has 0 heterocycles. The van der Waals surface area contributed by atoms with Gasteiger partial charge in [0.2, 0.25) is 0 Å². The minimum Gasteiger partial charge on any atom is -0.507 e. The first-order chi connectivity index (χ1) is 24.1. The second-order valence-corrected chi connectivity index (χ2v) is 12.2. The largest absolute Gasteiger partial charge is 0.507 e. The maximum atomic E-state index is 12.7. The Morgan fingerprint density at radius 3 is 1.16 bits per heavy atom. The van der Waals surface area contributed by atoms with E-state index in [1.165, 1.54) is 0 Å². The number of fused-ring (bicyclic) bond motifs is 8. The number of benzene rings is 4. The van der Waals surface area contributed by atoms with Crippen LogP contribution in [-0.2, 0) is 44.7 Å². The Kier molecular flexibility index (Phi) is 11.2. The van der Waals surface area contributed by atoms with Crippen LogP contribution in [0.3, 0.4) is 0 Å². The van der Waals surface area contributed by atoms with Crippen molar-refractivity contribution in [2.75, 3.05) is 13.2 Å². The van der Waals surface area contributed by atoms with Crippen molar-refractivity contribution in [1.29, 1.82) is 0 Å². The number of rotatable bonds is 10. The number of aromatic hydroxyl groups is 2. The molecule has 4 aromatic carbocycles. The molecule has 10 heteroatoms. The van der Waals surface area contributed by atoms with Crippen molar-refractivity contribution in [3.05, 3.63) is 116 Å². The van der Waals surface area contributed by atoms with Crippen LogP contribution in [0, 0.1) is 0 Å². The van der Waals surface area contributed by atoms with E-state index in [0.29, 0.717) is 79.7 Å². The van der Waals surface area contributed by atoms with E-state index in [1.54, 1.807) is 88.4 Å². The molecule has 50 heavy (non-hydrogen) atoms. The standard InChI is InChI=1S/C40H40O10/c1-5-47-39(45)23(3)49-37-27-9-7-10-28(37)18-32-14-26(22-42)16-34(36(32)44)20-30-12-8-11-29(38(30)50-24(4)40(46)48-6-2)19-33-15-25(21-41)13-31(17-27)35(33)43/h7-16,21-24,43-44H,5-6,17-20H2,1-4H3. The molecular formula is C40H40O10. The van der Waals surface area contributed by atoms with E-state index in [1.807, 2.05) is 0 Å². The van der Waals surface area contributed by atoms with E-state index in [-0.39, 0.29) is 50.4 Å². The zero-order valence-corrected chi connectivity index (χ0v) is 28.5. The summed E-state index contributed by atoms with van der Waals surface area (Å²) < 4.78 is 22.9. The number of aldehydes is 2. The third-order valence-electron chi connectivity index (χ3n) is 8.56. The summed E-state index contributed by atoms with van der Waals surface area (Å²) in [7, 11) is 0. The first kappa shape index (κ1) is 35.7. The van der Waals surface area contributed by atoms with Crippen molar-refractivity contribution in [2.45, 2.75) is 65.6 Å². The highest BCUT2D eigenvalue weighted by molar-refractivity contribution is 5.78. The summed E-state index contributed by atoms with van der Waals surface area (Å²) in [6.45, 7) is 6.89. The van der Waals surface area contributed by atoms with Gasteiger partial charge in [0, 0.05) is 36.8 Å². The lowest BCUT2D eigenvalue weighted by molar-refractivity contribution is -0.151. The molecule has 10 nitrogen and oxygen atoms in total. The molecule has 1 aliphatic rings. The fourth-order valence-electron chi connectivity index (χ4n) is 6.17. The average molecular weight is 681 g/mol. The summed E-state index contributed by atoms with van der Waals surface area (Å²) in [6.07, 6.45) is -0.0887. The zero-order valence-electron chi connectivity index (χ0n) is 28.5. The van der Waals surface area contributed by atoms with Gasteiger partial charge >= 0.3 is 11.9 Å². The molecule has 0 saturated carbocycles. The number of ether oxygens (including phenoxy) is 4. The predicted molar refractivity (Wildman–Crippen MR) is 185 cm³/mol. The van der Waals surface area contributed by atoms with Crippen LogP contribution >= 0.6 is 0 Å². The zero-order chi connectivity index (χ0) is 35.9. The van der Waals surface area contributed by atoms with E-state index in [2.05, 4.69) is 0 Å². The predicted octanol–water partition coefficient (Wildman–Crippen LogP) is 6.06. The number of carbonyl (C=O) groups is 4. The topological polar surface area (TPSA) is 146 Å². The van der Waals surface area contributed by atoms with Gasteiger partial charge in [-0.3, -0.25) is 9.59 Å². The van der Waals surface area contributed by atoms with Gasteiger partial charge in [0.05, 0.1) is 13.2 Å². The molecule has 0 aromatic heterocycles. The Balaban J connectivity index is 1.76. The van der Waals surface area contributed by atoms with Gasteiger partial charge in [-0.05, 0) is 96.5 Å². The molecule has 8 bridgehead atoms. The van der Waals surface area contributed by atoms with E-state index in [9.17, 15) is 29.4 Å². The Labute approximate surface area is 290 Å². The maximum absolute atomic E-state index is 12.7. The van der Waals surface area contributed by atoms with Crippen molar-refractivity contribution in [1.82, 2.24) is 0 Å². The van der Waals surface area contributed by atoms with Gasteiger partial charge in [-0.25, -0.2) is 9.59 Å². The highest BCUT2D eigenvalue weighted by atomic mass is 16.6. The quantitative estimate of drug-likeness (QED) is 0.132. The van der Waals surface area contributed by atoms with Crippen LogP contribution < -0.4 is 9.47 Å². The van der Waals surface area contributed by atoms with Crippen molar-refractivity contribution < 1.29 is 48.3 Å². The molecule has 260 valence electrons. The fourth-order valence-corrected chi connectivity index (χ4v) is 6.17. The second-order valence-electron chi connectivity index (χ2n) is 12.2. The van der Waals surface area contributed by atoms with E-state index in [0.717, 1.165) is 0 Å². The third kappa shape index (κ3) is 7.80. The molecule has 0 spiro atoms. The van der Waals surface area contributed by atoms with Crippen molar-refractivity contribution in [3.63, 3.8) is 0 Å². The monoisotopic (exact) mass is 680 g/mol. The normalized spacial score (nSPS) is 13.4. The lowest BCUT2D eigenvalue weighted by atomic mass is 9.90. The van der Waals surface area contributed by atoms with Gasteiger partial charge in [-0.2, -0.15) is 0 Å². The number of phenols is 2. The van der Waals surface area contributed by atoms with Gasteiger partial charge in [-0.15, -0.1) is 0 Å². The van der Waals surface area contributed by atoms with Gasteiger partial charge < -0.3 is 29.2 Å². The summed E-state index contributed by atoms with van der Waals surface area (Å²) in [6, 6.07) is 17.2. The molecule has 0 aliphatic heterocycles. The summed E-state index contributed by atoms with van der Waals surface area (Å²) in [5.41, 5.74) is 4.86. The molecule has 0 amide bonds. The lowest BCUT2D eigenvalue weighted by Crippen LogP contribution is -2.27. The molecule has 2 N–H and O–H groups in total. The van der Waals surface area contributed by atoms with Crippen LogP contribution in [0.1, 0.15) is 92.9 Å². The summed E-state index contributed by atoms with van der Waals surface area (Å²) >= 11 is 0. The molecule has 0 saturated heterocycles. The molecule has 0 fully saturated rings. The maximum Gasteiger partial charge on any atom is 0.347 e. The van der Waals surface area contributed by atoms with Crippen LogP contribution in [0.15, 0.2) is 60.7 Å². The highest BCUT2D eigenvalue weighted by Gasteiger charge is 2.25. The fraction of sp³-hybridized carbons (Fsp3) is 0.300. The van der Waals surface area contributed by atoms with Crippen molar-refractivity contribution in [2.24, 2.45) is 0 Å². The molecule has 1 aliphatic carbocycles. The van der Waals surface area contributed by atoms with Crippen LogP contribution in [0.2, 0.25) is 0 Å². The Morgan fingerprint density at radius 2 is 0.900 bits per heavy atom.